The number of piperazine rings is 1. The van der Waals surface area contributed by atoms with Crippen LogP contribution in [0.2, 0.25) is 5.02 Å². The molecule has 0 aromatic heterocycles. The molecular weight excluding hydrogens is 1020 g/mol. The third-order valence-corrected chi connectivity index (χ3v) is 17.9. The lowest BCUT2D eigenvalue weighted by atomic mass is 9.73. The van der Waals surface area contributed by atoms with Crippen molar-refractivity contribution in [1.29, 1.82) is 0 Å². The standard InChI is InChI=1S/C49H60ClF3N5O9PS3/c1-48(2)22-18-44(35-8-10-38(50)11-9-35)37(31-48)32-57-26-28-58(29-27-57)41-14-12-39(13-15-41)55-71(65,66)43-16-17-45(46(30-43)70(63,64)49(51,52)53)54-40(33-69-42-6-4-3-5-7-42)21-25-56-23-19-36(20-24-56)47(59)67-34-68(60,61)62/h3-17,30,36,40,54-55H,18-29,31-34H2,1-2H3,(H2,60,61,62)/t40-/m1/s1. The van der Waals surface area contributed by atoms with Crippen LogP contribution in [0.4, 0.5) is 30.2 Å². The Morgan fingerprint density at radius 1 is 0.901 bits per heavy atom. The summed E-state index contributed by atoms with van der Waals surface area (Å²) < 4.78 is 115. The number of likely N-dealkylation sites (tertiary alicyclic amines) is 1. The van der Waals surface area contributed by atoms with Gasteiger partial charge in [-0.2, -0.15) is 13.2 Å². The van der Waals surface area contributed by atoms with Gasteiger partial charge >= 0.3 is 19.1 Å². The van der Waals surface area contributed by atoms with E-state index in [0.29, 0.717) is 50.0 Å². The summed E-state index contributed by atoms with van der Waals surface area (Å²) in [5.74, 6) is -0.983. The molecule has 14 nitrogen and oxygen atoms in total. The van der Waals surface area contributed by atoms with Crippen molar-refractivity contribution in [3.63, 3.8) is 0 Å². The molecule has 2 heterocycles. The Bertz CT molecular complexity index is 2790. The smallest absolute Gasteiger partial charge is 0.452 e. The largest absolute Gasteiger partial charge is 0.501 e. The maximum atomic E-state index is 14.3. The first-order chi connectivity index (χ1) is 33.4. The van der Waals surface area contributed by atoms with Crippen molar-refractivity contribution < 1.29 is 53.9 Å². The maximum absolute atomic E-state index is 14.3. The average Bonchev–Trinajstić information content (AvgIpc) is 3.32. The first-order valence-electron chi connectivity index (χ1n) is 23.4. The quantitative estimate of drug-likeness (QED) is 0.0395. The molecule has 386 valence electrons. The minimum absolute atomic E-state index is 0.136. The van der Waals surface area contributed by atoms with Gasteiger partial charge in [0.1, 0.15) is 4.90 Å². The Labute approximate surface area is 423 Å². The van der Waals surface area contributed by atoms with Crippen molar-refractivity contribution in [1.82, 2.24) is 9.80 Å². The number of allylic oxidation sites excluding steroid dienone is 1. The zero-order valence-corrected chi connectivity index (χ0v) is 43.6. The van der Waals surface area contributed by atoms with E-state index in [1.807, 2.05) is 47.4 Å². The van der Waals surface area contributed by atoms with E-state index in [1.165, 1.54) is 28.5 Å². The first kappa shape index (κ1) is 54.7. The molecule has 0 unspecified atom stereocenters. The van der Waals surface area contributed by atoms with Gasteiger partial charge < -0.3 is 29.6 Å². The normalized spacial score (nSPS) is 18.3. The van der Waals surface area contributed by atoms with Gasteiger partial charge in [0.2, 0.25) is 0 Å². The highest BCUT2D eigenvalue weighted by Crippen LogP contribution is 2.43. The second kappa shape index (κ2) is 23.0. The van der Waals surface area contributed by atoms with Gasteiger partial charge in [0, 0.05) is 72.4 Å². The number of esters is 1. The van der Waals surface area contributed by atoms with Crippen LogP contribution in [-0.2, 0) is 34.0 Å². The second-order valence-electron chi connectivity index (χ2n) is 19.1. The number of piperidine rings is 1. The molecule has 22 heteroatoms. The summed E-state index contributed by atoms with van der Waals surface area (Å²) in [6.45, 7) is 9.85. The summed E-state index contributed by atoms with van der Waals surface area (Å²) in [6, 6.07) is 25.9. The lowest BCUT2D eigenvalue weighted by Crippen LogP contribution is -2.47. The predicted molar refractivity (Wildman–Crippen MR) is 273 cm³/mol. The maximum Gasteiger partial charge on any atom is 0.501 e. The summed E-state index contributed by atoms with van der Waals surface area (Å²) in [5, 5.41) is 3.70. The second-order valence-corrected chi connectivity index (χ2v) is 25.8. The molecule has 2 saturated heterocycles. The topological polar surface area (TPSA) is 186 Å². The van der Waals surface area contributed by atoms with Gasteiger partial charge in [0.25, 0.3) is 19.9 Å². The van der Waals surface area contributed by atoms with E-state index in [9.17, 15) is 39.4 Å². The van der Waals surface area contributed by atoms with Crippen LogP contribution in [0.25, 0.3) is 5.57 Å². The van der Waals surface area contributed by atoms with Gasteiger partial charge in [-0.15, -0.1) is 11.8 Å². The zero-order valence-electron chi connectivity index (χ0n) is 39.5. The number of alkyl halides is 3. The number of sulfone groups is 1. The number of nitrogens with one attached hydrogen (secondary N) is 2. The molecular formula is C49H60ClF3N5O9PS3. The number of halogens is 4. The number of sulfonamides is 1. The van der Waals surface area contributed by atoms with Crippen LogP contribution in [0, 0.1) is 11.3 Å². The van der Waals surface area contributed by atoms with Crippen molar-refractivity contribution in [2.24, 2.45) is 11.3 Å². The number of anilines is 3. The lowest BCUT2D eigenvalue weighted by Gasteiger charge is -2.39. The molecule has 4 aromatic rings. The molecule has 4 N–H and O–H groups in total. The molecule has 0 radical (unpaired) electrons. The summed E-state index contributed by atoms with van der Waals surface area (Å²) in [4.78, 5) is 36.2. The van der Waals surface area contributed by atoms with E-state index in [4.69, 9.17) is 26.1 Å². The fraction of sp³-hybridized carbons (Fsp3) is 0.449. The number of rotatable bonds is 19. The molecule has 0 amide bonds. The molecule has 0 bridgehead atoms. The van der Waals surface area contributed by atoms with Crippen molar-refractivity contribution in [3.8, 4) is 0 Å². The summed E-state index contributed by atoms with van der Waals surface area (Å²) >= 11 is 7.59. The van der Waals surface area contributed by atoms with Gasteiger partial charge in [-0.05, 0) is 135 Å². The molecule has 0 spiro atoms. The van der Waals surface area contributed by atoms with E-state index >= 15 is 0 Å². The van der Waals surface area contributed by atoms with E-state index in [0.717, 1.165) is 74.7 Å². The number of nitrogens with zero attached hydrogens (tertiary/aromatic N) is 3. The van der Waals surface area contributed by atoms with Crippen LogP contribution < -0.4 is 14.9 Å². The van der Waals surface area contributed by atoms with Crippen molar-refractivity contribution >= 4 is 79.4 Å². The molecule has 0 saturated carbocycles. The Morgan fingerprint density at radius 2 is 1.56 bits per heavy atom. The fourth-order valence-corrected chi connectivity index (χ4v) is 12.7. The van der Waals surface area contributed by atoms with Crippen LogP contribution in [0.15, 0.2) is 117 Å². The first-order valence-corrected chi connectivity index (χ1v) is 29.5. The number of hydrogen-bond acceptors (Lipinski definition) is 12. The van der Waals surface area contributed by atoms with Gasteiger partial charge in [-0.25, -0.2) is 16.8 Å². The fourth-order valence-electron chi connectivity index (χ4n) is 9.22. The predicted octanol–water partition coefficient (Wildman–Crippen LogP) is 9.57. The third kappa shape index (κ3) is 15.0. The van der Waals surface area contributed by atoms with Crippen LogP contribution in [-0.4, -0.2) is 118 Å². The van der Waals surface area contributed by atoms with E-state index in [-0.39, 0.29) is 16.9 Å². The highest BCUT2D eigenvalue weighted by Gasteiger charge is 2.48. The monoisotopic (exact) mass is 1080 g/mol. The van der Waals surface area contributed by atoms with Crippen LogP contribution >= 0.6 is 31.0 Å². The number of ether oxygens (including phenoxy) is 1. The zero-order chi connectivity index (χ0) is 51.2. The summed E-state index contributed by atoms with van der Waals surface area (Å²) in [5.41, 5.74) is -0.916. The van der Waals surface area contributed by atoms with Crippen molar-refractivity contribution in [2.45, 2.75) is 78.6 Å². The van der Waals surface area contributed by atoms with E-state index in [1.54, 1.807) is 24.3 Å². The van der Waals surface area contributed by atoms with Gasteiger partial charge in [0.05, 0.1) is 16.5 Å². The highest BCUT2D eigenvalue weighted by atomic mass is 35.5. The van der Waals surface area contributed by atoms with E-state index in [2.05, 4.69) is 45.8 Å². The van der Waals surface area contributed by atoms with Crippen molar-refractivity contribution in [3.05, 3.63) is 113 Å². The number of carbonyl (C=O) groups excluding carboxylic acids is 1. The average molecular weight is 1080 g/mol. The molecule has 7 rings (SSSR count). The van der Waals surface area contributed by atoms with Crippen LogP contribution in [0.5, 0.6) is 0 Å². The summed E-state index contributed by atoms with van der Waals surface area (Å²) in [6.07, 6.45) is 3.14. The Hall–Kier alpha value is -4.11. The molecule has 1 aliphatic carbocycles. The van der Waals surface area contributed by atoms with Gasteiger partial charge in [0.15, 0.2) is 6.35 Å². The highest BCUT2D eigenvalue weighted by molar-refractivity contribution is 7.99. The molecule has 71 heavy (non-hydrogen) atoms. The number of thioether (sulfide) groups is 1. The summed E-state index contributed by atoms with van der Waals surface area (Å²) in [7, 11) is -15.2. The van der Waals surface area contributed by atoms with Crippen LogP contribution in [0.1, 0.15) is 57.9 Å². The molecule has 2 fully saturated rings. The van der Waals surface area contributed by atoms with Crippen molar-refractivity contribution in [2.75, 3.05) is 79.4 Å². The van der Waals surface area contributed by atoms with Crippen LogP contribution in [0.3, 0.4) is 0 Å². The minimum Gasteiger partial charge on any atom is -0.452 e. The third-order valence-electron chi connectivity index (χ3n) is 13.1. The number of carbonyl (C=O) groups is 1. The number of benzene rings is 4. The lowest BCUT2D eigenvalue weighted by molar-refractivity contribution is -0.148. The Kier molecular flexibility index (Phi) is 17.7. The Morgan fingerprint density at radius 3 is 2.20 bits per heavy atom. The van der Waals surface area contributed by atoms with Gasteiger partial charge in [-0.3, -0.25) is 19.0 Å². The van der Waals surface area contributed by atoms with E-state index < -0.39 is 72.7 Å². The minimum atomic E-state index is -6.07. The Balaban J connectivity index is 1.01. The van der Waals surface area contributed by atoms with Gasteiger partial charge in [-0.1, -0.05) is 61.4 Å². The molecule has 3 aliphatic rings. The molecule has 2 aliphatic heterocycles. The molecule has 1 atom stereocenters. The number of hydrogen-bond donors (Lipinski definition) is 4. The molecule has 4 aromatic carbocycles. The SMILES string of the molecule is CC1(C)CCC(c2ccc(Cl)cc2)=C(CN2CCN(c3ccc(NS(=O)(=O)c4ccc(N[C@H](CCN5CCC(C(=O)OCP(=O)(O)O)CC5)CSc5ccccc5)c(S(=O)(=O)C(F)(F)F)c4)cc3)CC2)C1.